The molecule has 1 aliphatic rings. The Labute approximate surface area is 143 Å². The molecule has 0 spiro atoms. The van der Waals surface area contributed by atoms with Crippen LogP contribution < -0.4 is 5.32 Å². The zero-order valence-corrected chi connectivity index (χ0v) is 14.1. The number of nitrogens with one attached hydrogen (secondary N) is 1. The van der Waals surface area contributed by atoms with Gasteiger partial charge in [0, 0.05) is 18.0 Å². The first-order chi connectivity index (χ1) is 11.8. The normalized spacial score (nSPS) is 17.3. The Bertz CT molecular complexity index is 814. The van der Waals surface area contributed by atoms with Gasteiger partial charge < -0.3 is 5.32 Å². The van der Waals surface area contributed by atoms with E-state index in [2.05, 4.69) is 65.5 Å². The van der Waals surface area contributed by atoms with Crippen molar-refractivity contribution in [3.63, 3.8) is 0 Å². The van der Waals surface area contributed by atoms with Gasteiger partial charge in [0.05, 0.1) is 17.6 Å². The molecule has 1 N–H and O–H groups in total. The highest BCUT2D eigenvalue weighted by molar-refractivity contribution is 5.69. The monoisotopic (exact) mass is 317 g/mol. The van der Waals surface area contributed by atoms with Crippen LogP contribution in [0.15, 0.2) is 60.8 Å². The lowest BCUT2D eigenvalue weighted by atomic mass is 9.97. The van der Waals surface area contributed by atoms with E-state index in [1.807, 2.05) is 12.3 Å². The molecular formula is C21H23N3. The molecule has 0 radical (unpaired) electrons. The van der Waals surface area contributed by atoms with E-state index < -0.39 is 0 Å². The first kappa shape index (κ1) is 15.2. The van der Waals surface area contributed by atoms with Crippen LogP contribution in [0.3, 0.4) is 0 Å². The molecule has 1 aliphatic heterocycles. The number of para-hydroxylation sites is 1. The number of nitrogens with zero attached hydrogens (tertiary/aromatic N) is 2. The molecular weight excluding hydrogens is 294 g/mol. The van der Waals surface area contributed by atoms with Crippen LogP contribution in [0, 0.1) is 6.92 Å². The van der Waals surface area contributed by atoms with Crippen LogP contribution in [-0.2, 0) is 6.42 Å². The lowest BCUT2D eigenvalue weighted by molar-refractivity contribution is 0.584. The van der Waals surface area contributed by atoms with Crippen LogP contribution >= 0.6 is 0 Å². The van der Waals surface area contributed by atoms with Gasteiger partial charge in [0.2, 0.25) is 0 Å². The van der Waals surface area contributed by atoms with Crippen LogP contribution in [-0.4, -0.2) is 22.4 Å². The second kappa shape index (κ2) is 6.62. The van der Waals surface area contributed by atoms with E-state index in [0.29, 0.717) is 6.04 Å². The maximum Gasteiger partial charge on any atom is 0.0649 e. The molecule has 1 unspecified atom stereocenters. The van der Waals surface area contributed by atoms with Crippen molar-refractivity contribution < 1.29 is 0 Å². The molecule has 1 fully saturated rings. The van der Waals surface area contributed by atoms with Crippen molar-refractivity contribution >= 4 is 0 Å². The van der Waals surface area contributed by atoms with E-state index in [9.17, 15) is 0 Å². The number of hydrogen-bond acceptors (Lipinski definition) is 2. The highest BCUT2D eigenvalue weighted by Gasteiger charge is 2.21. The minimum absolute atomic E-state index is 0.548. The quantitative estimate of drug-likeness (QED) is 0.783. The van der Waals surface area contributed by atoms with Crippen molar-refractivity contribution in [1.29, 1.82) is 0 Å². The Kier molecular flexibility index (Phi) is 4.18. The topological polar surface area (TPSA) is 29.9 Å². The van der Waals surface area contributed by atoms with Crippen LogP contribution in [0.1, 0.15) is 24.1 Å². The number of rotatable bonds is 4. The third kappa shape index (κ3) is 2.87. The van der Waals surface area contributed by atoms with Gasteiger partial charge in [-0.15, -0.1) is 0 Å². The lowest BCUT2D eigenvalue weighted by Gasteiger charge is -2.15. The molecule has 0 aliphatic carbocycles. The summed E-state index contributed by atoms with van der Waals surface area (Å²) in [4.78, 5) is 0. The van der Waals surface area contributed by atoms with Crippen LogP contribution in [0.4, 0.5) is 0 Å². The molecule has 3 aromatic rings. The molecule has 3 nitrogen and oxygen atoms in total. The summed E-state index contributed by atoms with van der Waals surface area (Å²) in [7, 11) is 0. The average Bonchev–Trinajstić information content (AvgIpc) is 3.27. The van der Waals surface area contributed by atoms with E-state index in [0.717, 1.165) is 18.7 Å². The Balaban J connectivity index is 1.81. The summed E-state index contributed by atoms with van der Waals surface area (Å²) in [6, 6.07) is 19.6. The van der Waals surface area contributed by atoms with Gasteiger partial charge in [-0.1, -0.05) is 42.5 Å². The highest BCUT2D eigenvalue weighted by Crippen LogP contribution is 2.30. The Morgan fingerprint density at radius 1 is 1.04 bits per heavy atom. The van der Waals surface area contributed by atoms with E-state index in [4.69, 9.17) is 5.10 Å². The molecule has 122 valence electrons. The molecule has 4 rings (SSSR count). The summed E-state index contributed by atoms with van der Waals surface area (Å²) in [5.74, 6) is 0. The third-order valence-corrected chi connectivity index (χ3v) is 4.91. The van der Waals surface area contributed by atoms with Gasteiger partial charge in [-0.2, -0.15) is 5.10 Å². The van der Waals surface area contributed by atoms with E-state index >= 15 is 0 Å². The molecule has 3 heteroatoms. The summed E-state index contributed by atoms with van der Waals surface area (Å²) in [5.41, 5.74) is 6.27. The zero-order chi connectivity index (χ0) is 16.4. The average molecular weight is 317 g/mol. The summed E-state index contributed by atoms with van der Waals surface area (Å²) in [6.45, 7) is 3.30. The molecule has 0 bridgehead atoms. The molecule has 1 aromatic heterocycles. The molecule has 2 aromatic carbocycles. The van der Waals surface area contributed by atoms with Gasteiger partial charge in [0.15, 0.2) is 0 Å². The second-order valence-corrected chi connectivity index (χ2v) is 6.56. The molecule has 1 atom stereocenters. The minimum Gasteiger partial charge on any atom is -0.314 e. The molecule has 0 saturated carbocycles. The third-order valence-electron chi connectivity index (χ3n) is 4.91. The Morgan fingerprint density at radius 3 is 2.58 bits per heavy atom. The summed E-state index contributed by atoms with van der Waals surface area (Å²) in [6.07, 6.45) is 5.55. The summed E-state index contributed by atoms with van der Waals surface area (Å²) < 4.78 is 2.11. The molecule has 1 saturated heterocycles. The highest BCUT2D eigenvalue weighted by atomic mass is 15.3. The Morgan fingerprint density at radius 2 is 1.83 bits per heavy atom. The number of aryl methyl sites for hydroxylation is 1. The van der Waals surface area contributed by atoms with Gasteiger partial charge in [0.25, 0.3) is 0 Å². The van der Waals surface area contributed by atoms with E-state index in [-0.39, 0.29) is 0 Å². The Hall–Kier alpha value is -2.39. The number of aromatic nitrogens is 2. The second-order valence-electron chi connectivity index (χ2n) is 6.56. The maximum atomic E-state index is 4.73. The molecule has 24 heavy (non-hydrogen) atoms. The summed E-state index contributed by atoms with van der Waals surface area (Å²) in [5, 5.41) is 8.36. The van der Waals surface area contributed by atoms with Crippen LogP contribution in [0.25, 0.3) is 16.8 Å². The van der Waals surface area contributed by atoms with Crippen molar-refractivity contribution in [1.82, 2.24) is 15.1 Å². The largest absolute Gasteiger partial charge is 0.314 e. The van der Waals surface area contributed by atoms with E-state index in [1.165, 1.54) is 35.2 Å². The smallest absolute Gasteiger partial charge is 0.0649 e. The van der Waals surface area contributed by atoms with Gasteiger partial charge >= 0.3 is 0 Å². The van der Waals surface area contributed by atoms with Gasteiger partial charge in [-0.3, -0.25) is 0 Å². The van der Waals surface area contributed by atoms with E-state index in [1.54, 1.807) is 0 Å². The van der Waals surface area contributed by atoms with Crippen LogP contribution in [0.5, 0.6) is 0 Å². The number of benzene rings is 2. The standard InChI is InChI=1S/C21H23N3/c1-16-8-5-6-12-19(16)20-15-23-24(18-10-3-2-4-11-18)21(20)14-17-9-7-13-22-17/h2-6,8,10-12,15,17,22H,7,9,13-14H2,1H3. The first-order valence-corrected chi connectivity index (χ1v) is 8.74. The van der Waals surface area contributed by atoms with Crippen molar-refractivity contribution in [2.75, 3.05) is 6.54 Å². The van der Waals surface area contributed by atoms with Crippen molar-refractivity contribution in [2.45, 2.75) is 32.2 Å². The predicted octanol–water partition coefficient (Wildman–Crippen LogP) is 4.14. The van der Waals surface area contributed by atoms with Crippen molar-refractivity contribution in [3.05, 3.63) is 72.1 Å². The fourth-order valence-corrected chi connectivity index (χ4v) is 3.63. The van der Waals surface area contributed by atoms with Gasteiger partial charge in [-0.05, 0) is 49.6 Å². The fourth-order valence-electron chi connectivity index (χ4n) is 3.63. The van der Waals surface area contributed by atoms with Crippen molar-refractivity contribution in [2.24, 2.45) is 0 Å². The van der Waals surface area contributed by atoms with Crippen molar-refractivity contribution in [3.8, 4) is 16.8 Å². The molecule has 0 amide bonds. The lowest BCUT2D eigenvalue weighted by Crippen LogP contribution is -2.25. The first-order valence-electron chi connectivity index (χ1n) is 8.74. The maximum absolute atomic E-state index is 4.73. The zero-order valence-electron chi connectivity index (χ0n) is 14.1. The summed E-state index contributed by atoms with van der Waals surface area (Å²) >= 11 is 0. The predicted molar refractivity (Wildman–Crippen MR) is 98.5 cm³/mol. The van der Waals surface area contributed by atoms with Crippen LogP contribution in [0.2, 0.25) is 0 Å². The SMILES string of the molecule is Cc1ccccc1-c1cnn(-c2ccccc2)c1CC1CCCN1. The minimum atomic E-state index is 0.548. The molecule has 2 heterocycles. The fraction of sp³-hybridized carbons (Fsp3) is 0.286. The van der Waals surface area contributed by atoms with Gasteiger partial charge in [0.1, 0.15) is 0 Å². The number of hydrogen-bond donors (Lipinski definition) is 1. The van der Waals surface area contributed by atoms with Gasteiger partial charge in [-0.25, -0.2) is 4.68 Å².